The number of rotatable bonds is 7. The van der Waals surface area contributed by atoms with Crippen molar-refractivity contribution in [2.24, 2.45) is 17.3 Å². The number of alkyl halides is 3. The van der Waals surface area contributed by atoms with Gasteiger partial charge >= 0.3 is 27.5 Å². The first-order chi connectivity index (χ1) is 16.2. The number of halogens is 6. The Hall–Kier alpha value is 0.0500. The van der Waals surface area contributed by atoms with Crippen LogP contribution >= 0.6 is 67.8 Å². The van der Waals surface area contributed by atoms with E-state index in [4.69, 9.17) is 9.47 Å². The molecule has 4 bridgehead atoms. The number of esters is 2. The molecule has 194 valence electrons. The van der Waals surface area contributed by atoms with E-state index >= 15 is 0 Å². The molecule has 1 N–H and O–H groups in total. The highest BCUT2D eigenvalue weighted by Gasteiger charge is 2.63. The van der Waals surface area contributed by atoms with E-state index in [2.05, 4.69) is 67.8 Å². The molecule has 0 saturated heterocycles. The van der Waals surface area contributed by atoms with Gasteiger partial charge in [-0.3, -0.25) is 4.79 Å². The van der Waals surface area contributed by atoms with Crippen molar-refractivity contribution >= 4 is 89.7 Å². The average Bonchev–Trinajstić information content (AvgIpc) is 2.71. The molecule has 35 heavy (non-hydrogen) atoms. The van der Waals surface area contributed by atoms with Gasteiger partial charge in [-0.25, -0.2) is 17.9 Å². The van der Waals surface area contributed by atoms with Gasteiger partial charge in [0.1, 0.15) is 12.2 Å². The largest absolute Gasteiger partial charge is 0.511 e. The second-order valence-corrected chi connectivity index (χ2v) is 14.8. The van der Waals surface area contributed by atoms with Crippen molar-refractivity contribution in [3.63, 3.8) is 0 Å². The summed E-state index contributed by atoms with van der Waals surface area (Å²) in [5.74, 6) is -0.652. The highest BCUT2D eigenvalue weighted by atomic mass is 127. The second-order valence-electron chi connectivity index (χ2n) is 9.54. The highest BCUT2D eigenvalue weighted by molar-refractivity contribution is 14.1. The number of carbonyl (C=O) groups is 2. The molecule has 0 radical (unpaired) electrons. The lowest BCUT2D eigenvalue weighted by atomic mass is 9.48. The molecular weight excluding hydrogens is 832 g/mol. The maximum absolute atomic E-state index is 13.2. The lowest BCUT2D eigenvalue weighted by Gasteiger charge is -2.59. The third kappa shape index (κ3) is 5.74. The number of nitrogens with one attached hydrogen (secondary N) is 1. The fourth-order valence-electron chi connectivity index (χ4n) is 6.05. The molecule has 0 aliphatic heterocycles. The number of ether oxygens (including phenoxy) is 2. The maximum atomic E-state index is 13.2. The van der Waals surface area contributed by atoms with E-state index in [0.29, 0.717) is 37.7 Å². The van der Waals surface area contributed by atoms with Crippen LogP contribution in [0.5, 0.6) is 0 Å². The van der Waals surface area contributed by atoms with Crippen LogP contribution in [-0.4, -0.2) is 44.6 Å². The first-order valence-corrected chi connectivity index (χ1v) is 15.5. The molecule has 0 spiro atoms. The standard InChI is InChI=1S/C21H21F3I3NO6S/c22-21(23,24)35(31,32)28-1-2-33-18(30)19-6-11-3-12(7-19)9-20(8-11,10-19)34-17(29)14-4-13(25)5-15(26)16(14)27/h4-5,11-12,28H,1-3,6-10H2. The average molecular weight is 853 g/mol. The normalized spacial score (nSPS) is 29.8. The summed E-state index contributed by atoms with van der Waals surface area (Å²) in [7, 11) is -5.50. The van der Waals surface area contributed by atoms with E-state index in [1.807, 2.05) is 6.07 Å². The highest BCUT2D eigenvalue weighted by Crippen LogP contribution is 2.63. The van der Waals surface area contributed by atoms with Gasteiger partial charge in [0.05, 0.1) is 11.0 Å². The smallest absolute Gasteiger partial charge is 0.464 e. The SMILES string of the molecule is O=C(OC12CC3CC(C1)CC(C(=O)OCCNS(=O)(=O)C(F)(F)F)(C3)C2)c1cc(I)cc(I)c1I. The summed E-state index contributed by atoms with van der Waals surface area (Å²) < 4.78 is 75.0. The number of benzene rings is 1. The lowest BCUT2D eigenvalue weighted by Crippen LogP contribution is -2.60. The molecule has 0 amide bonds. The zero-order valence-corrected chi connectivity index (χ0v) is 25.4. The van der Waals surface area contributed by atoms with Crippen LogP contribution in [0, 0.1) is 28.0 Å². The van der Waals surface area contributed by atoms with Gasteiger partial charge in [-0.05, 0) is 124 Å². The first kappa shape index (κ1) is 28.1. The Bertz CT molecular complexity index is 1150. The summed E-state index contributed by atoms with van der Waals surface area (Å²) in [6, 6.07) is 3.74. The molecule has 0 heterocycles. The molecule has 4 aliphatic carbocycles. The van der Waals surface area contributed by atoms with Gasteiger partial charge in [0.25, 0.3) is 0 Å². The summed E-state index contributed by atoms with van der Waals surface area (Å²) in [5, 5.41) is 0. The van der Waals surface area contributed by atoms with E-state index in [1.54, 1.807) is 6.07 Å². The fourth-order valence-corrected chi connectivity index (χ4v) is 8.94. The molecule has 1 aromatic rings. The maximum Gasteiger partial charge on any atom is 0.511 e. The van der Waals surface area contributed by atoms with Crippen LogP contribution in [-0.2, 0) is 24.3 Å². The lowest BCUT2D eigenvalue weighted by molar-refractivity contribution is -0.196. The Balaban J connectivity index is 1.45. The molecule has 2 atom stereocenters. The van der Waals surface area contributed by atoms with E-state index in [1.165, 1.54) is 4.72 Å². The van der Waals surface area contributed by atoms with Crippen molar-refractivity contribution in [1.29, 1.82) is 0 Å². The van der Waals surface area contributed by atoms with Crippen molar-refractivity contribution in [1.82, 2.24) is 4.72 Å². The zero-order chi connectivity index (χ0) is 25.8. The van der Waals surface area contributed by atoms with Gasteiger partial charge in [0, 0.05) is 23.7 Å². The molecular formula is C21H21F3I3NO6S. The Morgan fingerprint density at radius 3 is 2.31 bits per heavy atom. The van der Waals surface area contributed by atoms with Gasteiger partial charge in [-0.1, -0.05) is 0 Å². The first-order valence-electron chi connectivity index (χ1n) is 10.8. The molecule has 2 unspecified atom stereocenters. The van der Waals surface area contributed by atoms with Crippen LogP contribution in [0.4, 0.5) is 13.2 Å². The minimum absolute atomic E-state index is 0.176. The minimum Gasteiger partial charge on any atom is -0.464 e. The molecule has 4 fully saturated rings. The van der Waals surface area contributed by atoms with Crippen molar-refractivity contribution < 1.29 is 40.7 Å². The Morgan fingerprint density at radius 1 is 1.09 bits per heavy atom. The van der Waals surface area contributed by atoms with Crippen molar-refractivity contribution in [2.75, 3.05) is 13.2 Å². The third-order valence-electron chi connectivity index (χ3n) is 6.89. The van der Waals surface area contributed by atoms with Crippen LogP contribution in [0.25, 0.3) is 0 Å². The third-order valence-corrected chi connectivity index (χ3v) is 11.8. The summed E-state index contributed by atoms with van der Waals surface area (Å²) in [5.41, 5.74) is -6.64. The molecule has 0 aromatic heterocycles. The quantitative estimate of drug-likeness (QED) is 0.180. The van der Waals surface area contributed by atoms with Gasteiger partial charge < -0.3 is 9.47 Å². The van der Waals surface area contributed by atoms with Crippen LogP contribution in [0.1, 0.15) is 48.9 Å². The number of hydrogen-bond acceptors (Lipinski definition) is 6. The van der Waals surface area contributed by atoms with Crippen molar-refractivity contribution in [2.45, 2.75) is 49.6 Å². The van der Waals surface area contributed by atoms with E-state index < -0.39 is 51.6 Å². The topological polar surface area (TPSA) is 98.8 Å². The Morgan fingerprint density at radius 2 is 1.71 bits per heavy atom. The van der Waals surface area contributed by atoms with Crippen LogP contribution in [0.2, 0.25) is 0 Å². The van der Waals surface area contributed by atoms with Gasteiger partial charge in [0.15, 0.2) is 0 Å². The summed E-state index contributed by atoms with van der Waals surface area (Å²) in [6.45, 7) is -1.20. The molecule has 5 rings (SSSR count). The van der Waals surface area contributed by atoms with Crippen molar-refractivity contribution in [3.8, 4) is 0 Å². The number of sulfonamides is 1. The Kier molecular flexibility index (Phi) is 8.00. The Labute approximate surface area is 241 Å². The minimum atomic E-state index is -5.50. The second kappa shape index (κ2) is 9.98. The van der Waals surface area contributed by atoms with Crippen molar-refractivity contribution in [3.05, 3.63) is 28.4 Å². The predicted octanol–water partition coefficient (Wildman–Crippen LogP) is 4.98. The number of carbonyl (C=O) groups excluding carboxylic acids is 2. The van der Waals surface area contributed by atoms with E-state index in [9.17, 15) is 31.2 Å². The van der Waals surface area contributed by atoms with Crippen LogP contribution < -0.4 is 4.72 Å². The molecule has 4 aliphatic rings. The van der Waals surface area contributed by atoms with Crippen LogP contribution in [0.3, 0.4) is 0 Å². The van der Waals surface area contributed by atoms with Gasteiger partial charge in [0.2, 0.25) is 0 Å². The van der Waals surface area contributed by atoms with E-state index in [0.717, 1.165) is 17.1 Å². The molecule has 1 aromatic carbocycles. The summed E-state index contributed by atoms with van der Waals surface area (Å²) in [4.78, 5) is 26.3. The predicted molar refractivity (Wildman–Crippen MR) is 144 cm³/mol. The zero-order valence-electron chi connectivity index (χ0n) is 18.1. The molecule has 14 heteroatoms. The summed E-state index contributed by atoms with van der Waals surface area (Å²) >= 11 is 6.43. The van der Waals surface area contributed by atoms with E-state index in [-0.39, 0.29) is 11.8 Å². The number of hydrogen-bond donors (Lipinski definition) is 1. The fraction of sp³-hybridized carbons (Fsp3) is 0.619. The van der Waals surface area contributed by atoms with Gasteiger partial charge in [-0.2, -0.15) is 13.2 Å². The van der Waals surface area contributed by atoms with Gasteiger partial charge in [-0.15, -0.1) is 0 Å². The molecule has 7 nitrogen and oxygen atoms in total. The summed E-state index contributed by atoms with van der Waals surface area (Å²) in [6.07, 6.45) is 3.67. The molecule has 4 saturated carbocycles. The van der Waals surface area contributed by atoms with Crippen LogP contribution in [0.15, 0.2) is 12.1 Å². The monoisotopic (exact) mass is 853 g/mol.